The van der Waals surface area contributed by atoms with E-state index in [-0.39, 0.29) is 11.4 Å². The summed E-state index contributed by atoms with van der Waals surface area (Å²) in [5.41, 5.74) is 8.85. The van der Waals surface area contributed by atoms with Crippen LogP contribution in [0, 0.1) is 25.6 Å². The number of anilines is 1. The van der Waals surface area contributed by atoms with E-state index >= 15 is 0 Å². The van der Waals surface area contributed by atoms with Crippen LogP contribution in [-0.4, -0.2) is 36.6 Å². The predicted octanol–water partition coefficient (Wildman–Crippen LogP) is 1.82. The van der Waals surface area contributed by atoms with E-state index in [9.17, 15) is 9.18 Å². The number of hydrogen-bond donors (Lipinski definition) is 3. The highest BCUT2D eigenvalue weighted by molar-refractivity contribution is 6.10. The van der Waals surface area contributed by atoms with E-state index in [1.54, 1.807) is 0 Å². The first-order valence-electron chi connectivity index (χ1n) is 8.07. The Hall–Kier alpha value is -2.08. The van der Waals surface area contributed by atoms with Crippen molar-refractivity contribution in [3.63, 3.8) is 0 Å². The zero-order chi connectivity index (χ0) is 16.3. The van der Waals surface area contributed by atoms with Crippen molar-refractivity contribution in [1.29, 1.82) is 0 Å². The van der Waals surface area contributed by atoms with Crippen molar-refractivity contribution in [1.82, 2.24) is 10.3 Å². The Kier molecular flexibility index (Phi) is 3.13. The van der Waals surface area contributed by atoms with Crippen molar-refractivity contribution in [3.8, 4) is 0 Å². The van der Waals surface area contributed by atoms with Gasteiger partial charge in [-0.2, -0.15) is 0 Å². The number of hydrogen-bond acceptors (Lipinski definition) is 3. The maximum atomic E-state index is 15.0. The van der Waals surface area contributed by atoms with Gasteiger partial charge in [0.25, 0.3) is 5.91 Å². The topological polar surface area (TPSA) is 74.2 Å². The molecule has 3 heterocycles. The number of H-pyrrole nitrogens is 1. The number of halogens is 1. The first-order chi connectivity index (χ1) is 11.0. The van der Waals surface area contributed by atoms with Crippen LogP contribution in [0.2, 0.25) is 0 Å². The molecule has 4 N–H and O–H groups in total. The fourth-order valence-electron chi connectivity index (χ4n) is 4.21. The minimum absolute atomic E-state index is 0.220. The Balaban J connectivity index is 1.98. The molecule has 2 fully saturated rings. The molecular formula is C17H21FN4O. The Labute approximate surface area is 134 Å². The molecule has 5 nitrogen and oxygen atoms in total. The summed E-state index contributed by atoms with van der Waals surface area (Å²) >= 11 is 0. The predicted molar refractivity (Wildman–Crippen MR) is 88.4 cm³/mol. The van der Waals surface area contributed by atoms with Crippen LogP contribution in [0.3, 0.4) is 0 Å². The SMILES string of the molecule is Cc1[nH]c2c(C(N)=O)cc(F)c(N3CCC4CNCC43)c2c1C. The summed E-state index contributed by atoms with van der Waals surface area (Å²) in [5.74, 6) is -0.398. The van der Waals surface area contributed by atoms with Crippen LogP contribution in [0.5, 0.6) is 0 Å². The number of rotatable bonds is 2. The summed E-state index contributed by atoms with van der Waals surface area (Å²) in [4.78, 5) is 17.1. The molecule has 4 rings (SSSR count). The molecule has 0 radical (unpaired) electrons. The molecule has 0 spiro atoms. The molecule has 0 aliphatic carbocycles. The number of carbonyl (C=O) groups excluding carboxylic acids is 1. The summed E-state index contributed by atoms with van der Waals surface area (Å²) in [6.07, 6.45) is 1.07. The minimum atomic E-state index is -0.608. The zero-order valence-corrected chi connectivity index (χ0v) is 13.4. The van der Waals surface area contributed by atoms with Gasteiger partial charge in [0, 0.05) is 36.8 Å². The van der Waals surface area contributed by atoms with Gasteiger partial charge in [0.15, 0.2) is 0 Å². The summed E-state index contributed by atoms with van der Waals surface area (Å²) < 4.78 is 15.0. The molecule has 2 unspecified atom stereocenters. The molecule has 2 atom stereocenters. The summed E-state index contributed by atoms with van der Waals surface area (Å²) in [6, 6.07) is 1.60. The maximum absolute atomic E-state index is 15.0. The van der Waals surface area contributed by atoms with E-state index in [1.807, 2.05) is 13.8 Å². The molecule has 6 heteroatoms. The lowest BCUT2D eigenvalue weighted by Gasteiger charge is -2.27. The number of aromatic amines is 1. The number of amides is 1. The first kappa shape index (κ1) is 14.5. The number of primary amides is 1. The molecule has 1 aromatic heterocycles. The lowest BCUT2D eigenvalue weighted by molar-refractivity contribution is 0.100. The number of nitrogens with zero attached hydrogens (tertiary/aromatic N) is 1. The van der Waals surface area contributed by atoms with Gasteiger partial charge in [-0.1, -0.05) is 0 Å². The van der Waals surface area contributed by atoms with Crippen molar-refractivity contribution in [2.45, 2.75) is 26.3 Å². The van der Waals surface area contributed by atoms with Crippen LogP contribution in [0.4, 0.5) is 10.1 Å². The van der Waals surface area contributed by atoms with E-state index in [4.69, 9.17) is 5.73 Å². The van der Waals surface area contributed by atoms with Gasteiger partial charge in [-0.15, -0.1) is 0 Å². The molecule has 0 saturated carbocycles. The van der Waals surface area contributed by atoms with Gasteiger partial charge in [0.1, 0.15) is 5.82 Å². The van der Waals surface area contributed by atoms with Crippen LogP contribution < -0.4 is 16.0 Å². The van der Waals surface area contributed by atoms with Crippen molar-refractivity contribution in [3.05, 3.63) is 28.7 Å². The second kappa shape index (κ2) is 4.96. The number of nitrogens with one attached hydrogen (secondary N) is 2. The van der Waals surface area contributed by atoms with E-state index < -0.39 is 5.91 Å². The van der Waals surface area contributed by atoms with Crippen LogP contribution >= 0.6 is 0 Å². The van der Waals surface area contributed by atoms with Crippen LogP contribution in [0.15, 0.2) is 6.07 Å². The molecule has 2 saturated heterocycles. The molecule has 1 aromatic carbocycles. The lowest BCUT2D eigenvalue weighted by Crippen LogP contribution is -2.35. The average Bonchev–Trinajstić information content (AvgIpc) is 3.16. The average molecular weight is 316 g/mol. The molecule has 122 valence electrons. The summed E-state index contributed by atoms with van der Waals surface area (Å²) in [6.45, 7) is 6.62. The zero-order valence-electron chi connectivity index (χ0n) is 13.4. The van der Waals surface area contributed by atoms with Gasteiger partial charge >= 0.3 is 0 Å². The number of nitrogens with two attached hydrogens (primary N) is 1. The van der Waals surface area contributed by atoms with Gasteiger partial charge in [0.05, 0.1) is 16.8 Å². The van der Waals surface area contributed by atoms with Crippen molar-refractivity contribution in [2.24, 2.45) is 11.7 Å². The minimum Gasteiger partial charge on any atom is -0.366 e. The molecule has 2 aliphatic heterocycles. The molecule has 2 aliphatic rings. The number of benzene rings is 1. The molecular weight excluding hydrogens is 295 g/mol. The van der Waals surface area contributed by atoms with Crippen LogP contribution in [-0.2, 0) is 0 Å². The number of aryl methyl sites for hydroxylation is 2. The third-order valence-electron chi connectivity index (χ3n) is 5.50. The number of fused-ring (bicyclic) bond motifs is 2. The van der Waals surface area contributed by atoms with Crippen LogP contribution in [0.25, 0.3) is 10.9 Å². The highest BCUT2D eigenvalue weighted by atomic mass is 19.1. The third-order valence-corrected chi connectivity index (χ3v) is 5.50. The van der Waals surface area contributed by atoms with Gasteiger partial charge in [-0.3, -0.25) is 4.79 Å². The molecule has 0 bridgehead atoms. The second-order valence-corrected chi connectivity index (χ2v) is 6.71. The van der Waals surface area contributed by atoms with Crippen molar-refractivity contribution in [2.75, 3.05) is 24.5 Å². The maximum Gasteiger partial charge on any atom is 0.250 e. The Morgan fingerprint density at radius 3 is 2.91 bits per heavy atom. The van der Waals surface area contributed by atoms with E-state index in [2.05, 4.69) is 15.2 Å². The molecule has 23 heavy (non-hydrogen) atoms. The van der Waals surface area contributed by atoms with Crippen molar-refractivity contribution < 1.29 is 9.18 Å². The third kappa shape index (κ3) is 1.97. The highest BCUT2D eigenvalue weighted by Gasteiger charge is 2.39. The van der Waals surface area contributed by atoms with Crippen molar-refractivity contribution >= 4 is 22.5 Å². The number of aromatic nitrogens is 1. The van der Waals surface area contributed by atoms with E-state index in [0.717, 1.165) is 42.7 Å². The van der Waals surface area contributed by atoms with Crippen LogP contribution in [0.1, 0.15) is 28.0 Å². The lowest BCUT2D eigenvalue weighted by atomic mass is 10.0. The Morgan fingerprint density at radius 1 is 1.39 bits per heavy atom. The van der Waals surface area contributed by atoms with Gasteiger partial charge in [0.2, 0.25) is 0 Å². The monoisotopic (exact) mass is 316 g/mol. The van der Waals surface area contributed by atoms with Gasteiger partial charge in [-0.25, -0.2) is 4.39 Å². The molecule has 1 amide bonds. The highest BCUT2D eigenvalue weighted by Crippen LogP contribution is 2.41. The largest absolute Gasteiger partial charge is 0.366 e. The first-order valence-corrected chi connectivity index (χ1v) is 8.07. The molecule has 2 aromatic rings. The fourth-order valence-corrected chi connectivity index (χ4v) is 4.21. The second-order valence-electron chi connectivity index (χ2n) is 6.71. The Bertz CT molecular complexity index is 813. The number of carbonyl (C=O) groups is 1. The van der Waals surface area contributed by atoms with Gasteiger partial charge < -0.3 is 20.9 Å². The summed E-state index contributed by atoms with van der Waals surface area (Å²) in [5, 5.41) is 4.19. The van der Waals surface area contributed by atoms with E-state index in [0.29, 0.717) is 23.2 Å². The standard InChI is InChI=1S/C17H21FN4O/c1-8-9(2)21-15-11(17(19)23)5-12(18)16(14(8)15)22-4-3-10-6-20-7-13(10)22/h5,10,13,20-21H,3-4,6-7H2,1-2H3,(H2,19,23). The smallest absolute Gasteiger partial charge is 0.250 e. The van der Waals surface area contributed by atoms with Gasteiger partial charge in [-0.05, 0) is 37.8 Å². The summed E-state index contributed by atoms with van der Waals surface area (Å²) in [7, 11) is 0. The Morgan fingerprint density at radius 2 is 2.17 bits per heavy atom. The quantitative estimate of drug-likeness (QED) is 0.791. The normalized spacial score (nSPS) is 23.7. The van der Waals surface area contributed by atoms with E-state index in [1.165, 1.54) is 6.07 Å². The fraction of sp³-hybridized carbons (Fsp3) is 0.471.